The molecule has 0 aromatic carbocycles. The monoisotopic (exact) mass is 240 g/mol. The Bertz CT molecular complexity index is 271. The smallest absolute Gasteiger partial charge is 0.241 e. The number of hydrogen-bond acceptors (Lipinski definition) is 1. The molecule has 0 radical (unpaired) electrons. The zero-order chi connectivity index (χ0) is 12.4. The summed E-state index contributed by atoms with van der Waals surface area (Å²) in [5, 5.41) is 0. The van der Waals surface area contributed by atoms with E-state index in [4.69, 9.17) is 4.43 Å². The first kappa shape index (κ1) is 13.8. The molecule has 0 spiro atoms. The van der Waals surface area contributed by atoms with E-state index in [1.807, 2.05) is 0 Å². The predicted molar refractivity (Wildman–Crippen MR) is 74.0 cm³/mol. The molecule has 0 atom stereocenters. The molecule has 0 saturated heterocycles. The highest BCUT2D eigenvalue weighted by Crippen LogP contribution is 2.43. The Morgan fingerprint density at radius 2 is 1.88 bits per heavy atom. The van der Waals surface area contributed by atoms with Crippen LogP contribution in [0.25, 0.3) is 0 Å². The lowest BCUT2D eigenvalue weighted by molar-refractivity contribution is 0.225. The number of hydrogen-bond donors (Lipinski definition) is 0. The Hall–Kier alpha value is -0.243. The van der Waals surface area contributed by atoms with Crippen LogP contribution < -0.4 is 0 Å². The largest absolute Gasteiger partial charge is 0.547 e. The molecule has 0 amide bonds. The molecule has 0 aromatic heterocycles. The summed E-state index contributed by atoms with van der Waals surface area (Å²) in [6.45, 7) is 13.8. The highest BCUT2D eigenvalue weighted by Gasteiger charge is 2.33. The summed E-state index contributed by atoms with van der Waals surface area (Å²) in [5.74, 6) is 1.35. The summed E-state index contributed by atoms with van der Waals surface area (Å²) in [6.07, 6.45) is 6.34. The van der Waals surface area contributed by atoms with Crippen LogP contribution in [-0.2, 0) is 4.43 Å². The van der Waals surface area contributed by atoms with Gasteiger partial charge in [-0.2, -0.15) is 0 Å². The lowest BCUT2D eigenvalue weighted by atomic mass is 9.77. The molecule has 0 unspecified atom stereocenters. The summed E-state index contributed by atoms with van der Waals surface area (Å²) in [5.41, 5.74) is 1.87. The SMILES string of the molecule is CCCC1=C(O[Si](C)(C)C)C(C)(C)CCC1. The van der Waals surface area contributed by atoms with E-state index in [1.54, 1.807) is 5.57 Å². The highest BCUT2D eigenvalue weighted by atomic mass is 28.4. The van der Waals surface area contributed by atoms with Crippen molar-refractivity contribution in [3.8, 4) is 0 Å². The van der Waals surface area contributed by atoms with Gasteiger partial charge in [-0.05, 0) is 50.9 Å². The fourth-order valence-corrected chi connectivity index (χ4v) is 3.54. The van der Waals surface area contributed by atoms with Gasteiger partial charge in [-0.15, -0.1) is 0 Å². The minimum Gasteiger partial charge on any atom is -0.547 e. The Morgan fingerprint density at radius 1 is 1.25 bits per heavy atom. The second kappa shape index (κ2) is 4.95. The van der Waals surface area contributed by atoms with Crippen molar-refractivity contribution in [1.82, 2.24) is 0 Å². The third kappa shape index (κ3) is 3.65. The van der Waals surface area contributed by atoms with Crippen LogP contribution in [0.3, 0.4) is 0 Å². The van der Waals surface area contributed by atoms with Crippen molar-refractivity contribution >= 4 is 8.32 Å². The first-order valence-electron chi connectivity index (χ1n) is 6.68. The van der Waals surface area contributed by atoms with Gasteiger partial charge in [-0.1, -0.05) is 27.2 Å². The molecule has 2 heteroatoms. The van der Waals surface area contributed by atoms with Crippen molar-refractivity contribution in [3.05, 3.63) is 11.3 Å². The van der Waals surface area contributed by atoms with Crippen LogP contribution in [0.2, 0.25) is 19.6 Å². The predicted octanol–water partition coefficient (Wildman–Crippen LogP) is 5.10. The van der Waals surface area contributed by atoms with E-state index in [9.17, 15) is 0 Å². The second-order valence-corrected chi connectivity index (χ2v) is 11.1. The van der Waals surface area contributed by atoms with Crippen molar-refractivity contribution in [3.63, 3.8) is 0 Å². The molecule has 0 fully saturated rings. The molecule has 0 heterocycles. The summed E-state index contributed by atoms with van der Waals surface area (Å²) in [4.78, 5) is 0. The van der Waals surface area contributed by atoms with Gasteiger partial charge in [0.2, 0.25) is 8.32 Å². The van der Waals surface area contributed by atoms with E-state index in [2.05, 4.69) is 40.4 Å². The van der Waals surface area contributed by atoms with Crippen LogP contribution in [0.15, 0.2) is 11.3 Å². The summed E-state index contributed by atoms with van der Waals surface area (Å²) in [7, 11) is -1.46. The van der Waals surface area contributed by atoms with Gasteiger partial charge in [0.25, 0.3) is 0 Å². The summed E-state index contributed by atoms with van der Waals surface area (Å²) < 4.78 is 6.38. The van der Waals surface area contributed by atoms with Crippen LogP contribution >= 0.6 is 0 Å². The second-order valence-electron chi connectivity index (χ2n) is 6.63. The maximum atomic E-state index is 6.38. The number of allylic oxidation sites excluding steroid dienone is 2. The molecule has 0 N–H and O–H groups in total. The van der Waals surface area contributed by atoms with E-state index in [-0.39, 0.29) is 5.41 Å². The fourth-order valence-electron chi connectivity index (χ4n) is 2.51. The zero-order valence-corrected chi connectivity index (χ0v) is 12.9. The molecule has 16 heavy (non-hydrogen) atoms. The van der Waals surface area contributed by atoms with Crippen LogP contribution in [0.4, 0.5) is 0 Å². The third-order valence-electron chi connectivity index (χ3n) is 3.18. The van der Waals surface area contributed by atoms with Crippen LogP contribution in [0.1, 0.15) is 52.9 Å². The standard InChI is InChI=1S/C14H28OSi/c1-7-9-12-10-8-11-14(2,3)13(12)15-16(4,5)6/h7-11H2,1-6H3. The van der Waals surface area contributed by atoms with Gasteiger partial charge in [-0.3, -0.25) is 0 Å². The summed E-state index contributed by atoms with van der Waals surface area (Å²) in [6, 6.07) is 0. The topological polar surface area (TPSA) is 9.23 Å². The average molecular weight is 240 g/mol. The first-order valence-corrected chi connectivity index (χ1v) is 10.1. The summed E-state index contributed by atoms with van der Waals surface area (Å²) >= 11 is 0. The third-order valence-corrected chi connectivity index (χ3v) is 3.99. The zero-order valence-electron chi connectivity index (χ0n) is 11.9. The molecule has 0 aliphatic heterocycles. The Morgan fingerprint density at radius 3 is 2.38 bits per heavy atom. The molecule has 1 rings (SSSR count). The molecule has 0 saturated carbocycles. The molecule has 94 valence electrons. The average Bonchev–Trinajstić information content (AvgIpc) is 2.09. The van der Waals surface area contributed by atoms with Crippen LogP contribution in [0.5, 0.6) is 0 Å². The van der Waals surface area contributed by atoms with Crippen molar-refractivity contribution in [1.29, 1.82) is 0 Å². The maximum Gasteiger partial charge on any atom is 0.241 e. The van der Waals surface area contributed by atoms with Crippen molar-refractivity contribution in [2.75, 3.05) is 0 Å². The van der Waals surface area contributed by atoms with Gasteiger partial charge in [0.15, 0.2) is 0 Å². The van der Waals surface area contributed by atoms with Crippen LogP contribution in [0, 0.1) is 5.41 Å². The normalized spacial score (nSPS) is 21.1. The van der Waals surface area contributed by atoms with Crippen molar-refractivity contribution in [2.24, 2.45) is 5.41 Å². The van der Waals surface area contributed by atoms with Gasteiger partial charge in [0, 0.05) is 5.41 Å². The van der Waals surface area contributed by atoms with Crippen molar-refractivity contribution in [2.45, 2.75) is 72.5 Å². The fraction of sp³-hybridized carbons (Fsp3) is 0.857. The van der Waals surface area contributed by atoms with Gasteiger partial charge < -0.3 is 4.43 Å². The molecule has 1 aliphatic carbocycles. The molecular weight excluding hydrogens is 212 g/mol. The lowest BCUT2D eigenvalue weighted by Crippen LogP contribution is -2.32. The van der Waals surface area contributed by atoms with E-state index < -0.39 is 8.32 Å². The van der Waals surface area contributed by atoms with Gasteiger partial charge in [0.05, 0.1) is 5.76 Å². The molecule has 1 nitrogen and oxygen atoms in total. The Labute approximate surface area is 102 Å². The minimum atomic E-state index is -1.46. The quantitative estimate of drug-likeness (QED) is 0.621. The minimum absolute atomic E-state index is 0.267. The lowest BCUT2D eigenvalue weighted by Gasteiger charge is -2.38. The van der Waals surface area contributed by atoms with Crippen LogP contribution in [-0.4, -0.2) is 8.32 Å². The van der Waals surface area contributed by atoms with E-state index in [1.165, 1.54) is 37.9 Å². The van der Waals surface area contributed by atoms with E-state index in [0.29, 0.717) is 0 Å². The Balaban J connectivity index is 2.98. The van der Waals surface area contributed by atoms with Gasteiger partial charge in [-0.25, -0.2) is 0 Å². The Kier molecular flexibility index (Phi) is 4.27. The molecule has 0 bridgehead atoms. The van der Waals surface area contributed by atoms with Crippen molar-refractivity contribution < 1.29 is 4.43 Å². The van der Waals surface area contributed by atoms with Gasteiger partial charge in [0.1, 0.15) is 0 Å². The van der Waals surface area contributed by atoms with E-state index in [0.717, 1.165) is 0 Å². The highest BCUT2D eigenvalue weighted by molar-refractivity contribution is 6.70. The molecule has 1 aliphatic rings. The first-order chi connectivity index (χ1) is 7.26. The van der Waals surface area contributed by atoms with Gasteiger partial charge >= 0.3 is 0 Å². The molecule has 0 aromatic rings. The number of rotatable bonds is 4. The van der Waals surface area contributed by atoms with E-state index >= 15 is 0 Å². The maximum absolute atomic E-state index is 6.38. The molecular formula is C14H28OSi.